The predicted molar refractivity (Wildman–Crippen MR) is 128 cm³/mol. The molecule has 4 aromatic rings. The maximum Gasteiger partial charge on any atom is 0.226 e. The lowest BCUT2D eigenvalue weighted by molar-refractivity contribution is -0.116. The molecule has 2 heterocycles. The van der Waals surface area contributed by atoms with E-state index in [4.69, 9.17) is 14.8 Å². The van der Waals surface area contributed by atoms with Crippen LogP contribution in [0.25, 0.3) is 22.3 Å². The number of pyridine rings is 1. The second kappa shape index (κ2) is 9.22. The van der Waals surface area contributed by atoms with Crippen molar-refractivity contribution in [2.75, 3.05) is 12.4 Å². The van der Waals surface area contributed by atoms with Crippen molar-refractivity contribution in [2.24, 2.45) is 0 Å². The number of carbonyl (C=O) groups is 1. The average Bonchev–Trinajstić information content (AvgIpc) is 3.16. The molecule has 0 atom stereocenters. The van der Waals surface area contributed by atoms with Crippen molar-refractivity contribution in [2.45, 2.75) is 40.2 Å². The predicted octanol–water partition coefficient (Wildman–Crippen LogP) is 5.31. The molecule has 1 N–H and O–H groups in total. The number of ether oxygens (including phenoxy) is 1. The molecular formula is C26H28N4O2. The lowest BCUT2D eigenvalue weighted by atomic mass is 10.0. The topological polar surface area (TPSA) is 69.0 Å². The van der Waals surface area contributed by atoms with Crippen molar-refractivity contribution in [3.63, 3.8) is 0 Å². The van der Waals surface area contributed by atoms with Gasteiger partial charge in [0.25, 0.3) is 0 Å². The van der Waals surface area contributed by atoms with Crippen LogP contribution in [-0.2, 0) is 17.8 Å². The van der Waals surface area contributed by atoms with Gasteiger partial charge in [0.15, 0.2) is 5.65 Å². The summed E-state index contributed by atoms with van der Waals surface area (Å²) in [5.41, 5.74) is 6.57. The normalized spacial score (nSPS) is 11.0. The Morgan fingerprint density at radius 2 is 1.84 bits per heavy atom. The zero-order valence-corrected chi connectivity index (χ0v) is 19.0. The third-order valence-electron chi connectivity index (χ3n) is 5.59. The number of anilines is 1. The molecular weight excluding hydrogens is 400 g/mol. The first kappa shape index (κ1) is 21.6. The minimum Gasteiger partial charge on any atom is -0.496 e. The van der Waals surface area contributed by atoms with Crippen LogP contribution in [0.5, 0.6) is 5.75 Å². The summed E-state index contributed by atoms with van der Waals surface area (Å²) >= 11 is 0. The van der Waals surface area contributed by atoms with Crippen LogP contribution in [0.4, 0.5) is 5.69 Å². The Morgan fingerprint density at radius 1 is 1.09 bits per heavy atom. The van der Waals surface area contributed by atoms with Crippen LogP contribution in [0, 0.1) is 13.8 Å². The number of nitrogens with zero attached hydrogens (tertiary/aromatic N) is 3. The first-order valence-electron chi connectivity index (χ1n) is 10.9. The van der Waals surface area contributed by atoms with Crippen molar-refractivity contribution in [3.8, 4) is 17.0 Å². The lowest BCUT2D eigenvalue weighted by Gasteiger charge is -2.07. The summed E-state index contributed by atoms with van der Waals surface area (Å²) in [7, 11) is 1.66. The third kappa shape index (κ3) is 4.35. The zero-order valence-electron chi connectivity index (χ0n) is 19.0. The number of benzene rings is 2. The Kier molecular flexibility index (Phi) is 6.21. The van der Waals surface area contributed by atoms with Crippen LogP contribution in [0.3, 0.4) is 0 Å². The van der Waals surface area contributed by atoms with Gasteiger partial charge in [-0.15, -0.1) is 0 Å². The monoisotopic (exact) mass is 428 g/mol. The van der Waals surface area contributed by atoms with Gasteiger partial charge in [0, 0.05) is 23.4 Å². The molecule has 164 valence electrons. The minimum absolute atomic E-state index is 0.0545. The molecule has 2 aromatic heterocycles. The molecule has 0 aliphatic carbocycles. The van der Waals surface area contributed by atoms with E-state index in [0.29, 0.717) is 13.0 Å². The van der Waals surface area contributed by atoms with E-state index in [1.807, 2.05) is 60.1 Å². The molecule has 1 amide bonds. The first-order chi connectivity index (χ1) is 15.5. The molecule has 6 nitrogen and oxygen atoms in total. The van der Waals surface area contributed by atoms with Crippen LogP contribution in [-0.4, -0.2) is 27.8 Å². The van der Waals surface area contributed by atoms with Gasteiger partial charge in [0.05, 0.1) is 19.0 Å². The maximum absolute atomic E-state index is 12.6. The van der Waals surface area contributed by atoms with E-state index in [-0.39, 0.29) is 5.91 Å². The molecule has 6 heteroatoms. The Labute approximate surface area is 188 Å². The Hall–Kier alpha value is -3.67. The van der Waals surface area contributed by atoms with Crippen LogP contribution < -0.4 is 10.1 Å². The summed E-state index contributed by atoms with van der Waals surface area (Å²) in [6, 6.07) is 17.8. The van der Waals surface area contributed by atoms with Gasteiger partial charge < -0.3 is 10.1 Å². The quantitative estimate of drug-likeness (QED) is 0.433. The second-order valence-electron chi connectivity index (χ2n) is 7.90. The van der Waals surface area contributed by atoms with E-state index in [2.05, 4.69) is 25.2 Å². The fourth-order valence-corrected chi connectivity index (χ4v) is 3.95. The summed E-state index contributed by atoms with van der Waals surface area (Å²) in [6.07, 6.45) is 1.27. The summed E-state index contributed by atoms with van der Waals surface area (Å²) in [5, 5.41) is 8.82. The van der Waals surface area contributed by atoms with E-state index >= 15 is 0 Å². The van der Waals surface area contributed by atoms with Gasteiger partial charge >= 0.3 is 0 Å². The smallest absolute Gasteiger partial charge is 0.226 e. The van der Waals surface area contributed by atoms with Gasteiger partial charge in [0.2, 0.25) is 5.91 Å². The van der Waals surface area contributed by atoms with E-state index in [0.717, 1.165) is 51.4 Å². The Bertz CT molecular complexity index is 1260. The number of hydrogen-bond acceptors (Lipinski definition) is 4. The van der Waals surface area contributed by atoms with Crippen molar-refractivity contribution < 1.29 is 9.53 Å². The number of aryl methyl sites for hydroxylation is 4. The van der Waals surface area contributed by atoms with E-state index in [9.17, 15) is 4.79 Å². The van der Waals surface area contributed by atoms with E-state index in [1.165, 1.54) is 5.56 Å². The standard InChI is InChI=1S/C26H28N4O2/c1-5-19-10-12-20(13-11-19)28-23(31)14-15-30-26-24(17(2)16-18(3)27-26)25(29-30)21-8-6-7-9-22(21)32-4/h6-13,16H,5,14-15H2,1-4H3,(H,28,31). The van der Waals surface area contributed by atoms with Crippen LogP contribution in [0.2, 0.25) is 0 Å². The molecule has 0 radical (unpaired) electrons. The highest BCUT2D eigenvalue weighted by atomic mass is 16.5. The molecule has 32 heavy (non-hydrogen) atoms. The molecule has 0 saturated carbocycles. The Balaban J connectivity index is 1.63. The van der Waals surface area contributed by atoms with E-state index < -0.39 is 0 Å². The van der Waals surface area contributed by atoms with Crippen LogP contribution in [0.15, 0.2) is 54.6 Å². The minimum atomic E-state index is -0.0545. The highest BCUT2D eigenvalue weighted by Crippen LogP contribution is 2.35. The van der Waals surface area contributed by atoms with Crippen molar-refractivity contribution in [3.05, 3.63) is 71.4 Å². The number of aromatic nitrogens is 3. The number of methoxy groups -OCH3 is 1. The fourth-order valence-electron chi connectivity index (χ4n) is 3.95. The van der Waals surface area contributed by atoms with Crippen LogP contribution in [0.1, 0.15) is 30.2 Å². The molecule has 0 spiro atoms. The summed E-state index contributed by atoms with van der Waals surface area (Å²) < 4.78 is 7.40. The van der Waals surface area contributed by atoms with Gasteiger partial charge in [0.1, 0.15) is 11.4 Å². The zero-order chi connectivity index (χ0) is 22.7. The number of amides is 1. The number of para-hydroxylation sites is 1. The number of rotatable bonds is 7. The summed E-state index contributed by atoms with van der Waals surface area (Å²) in [4.78, 5) is 17.3. The third-order valence-corrected chi connectivity index (χ3v) is 5.59. The average molecular weight is 429 g/mol. The lowest BCUT2D eigenvalue weighted by Crippen LogP contribution is -2.15. The summed E-state index contributed by atoms with van der Waals surface area (Å²) in [5.74, 6) is 0.702. The maximum atomic E-state index is 12.6. The molecule has 4 rings (SSSR count). The van der Waals surface area contributed by atoms with Gasteiger partial charge in [-0.3, -0.25) is 4.79 Å². The van der Waals surface area contributed by atoms with Gasteiger partial charge in [-0.2, -0.15) is 5.10 Å². The molecule has 0 saturated heterocycles. The van der Waals surface area contributed by atoms with Crippen molar-refractivity contribution >= 4 is 22.6 Å². The molecule has 2 aromatic carbocycles. The van der Waals surface area contributed by atoms with Gasteiger partial charge in [-0.05, 0) is 61.7 Å². The van der Waals surface area contributed by atoms with E-state index in [1.54, 1.807) is 7.11 Å². The first-order valence-corrected chi connectivity index (χ1v) is 10.9. The number of hydrogen-bond donors (Lipinski definition) is 1. The summed E-state index contributed by atoms with van der Waals surface area (Å²) in [6.45, 7) is 6.58. The highest BCUT2D eigenvalue weighted by Gasteiger charge is 2.19. The number of fused-ring (bicyclic) bond motifs is 1. The Morgan fingerprint density at radius 3 is 2.56 bits per heavy atom. The molecule has 0 unspecified atom stereocenters. The SMILES string of the molecule is CCc1ccc(NC(=O)CCn2nc(-c3ccccc3OC)c3c(C)cc(C)nc32)cc1. The molecule has 0 aliphatic heterocycles. The second-order valence-corrected chi connectivity index (χ2v) is 7.90. The molecule has 0 bridgehead atoms. The van der Waals surface area contributed by atoms with Gasteiger partial charge in [-0.1, -0.05) is 31.2 Å². The number of carbonyl (C=O) groups excluding carboxylic acids is 1. The fraction of sp³-hybridized carbons (Fsp3) is 0.269. The molecule has 0 aliphatic rings. The van der Waals surface area contributed by atoms with Crippen LogP contribution >= 0.6 is 0 Å². The van der Waals surface area contributed by atoms with Gasteiger partial charge in [-0.25, -0.2) is 9.67 Å². The highest BCUT2D eigenvalue weighted by molar-refractivity contribution is 5.95. The van der Waals surface area contributed by atoms with Crippen molar-refractivity contribution in [1.29, 1.82) is 0 Å². The number of nitrogens with one attached hydrogen (secondary N) is 1. The molecule has 0 fully saturated rings. The largest absolute Gasteiger partial charge is 0.496 e. The van der Waals surface area contributed by atoms with Crippen molar-refractivity contribution in [1.82, 2.24) is 14.8 Å².